The van der Waals surface area contributed by atoms with Crippen LogP contribution in [0.3, 0.4) is 0 Å². The summed E-state index contributed by atoms with van der Waals surface area (Å²) < 4.78 is 1.71. The number of hydrogen-bond donors (Lipinski definition) is 2. The molecule has 1 amide bonds. The molecule has 0 aliphatic carbocycles. The van der Waals surface area contributed by atoms with Crippen LogP contribution in [0.15, 0.2) is 36.5 Å². The molecule has 0 aliphatic rings. The van der Waals surface area contributed by atoms with Crippen LogP contribution in [0, 0.1) is 25.2 Å². The first-order valence-electron chi connectivity index (χ1n) is 8.33. The van der Waals surface area contributed by atoms with Crippen molar-refractivity contribution >= 4 is 5.91 Å². The van der Waals surface area contributed by atoms with Crippen LogP contribution in [0.4, 0.5) is 0 Å². The molecule has 1 atom stereocenters. The zero-order valence-electron chi connectivity index (χ0n) is 14.9. The summed E-state index contributed by atoms with van der Waals surface area (Å²) in [5.74, 6) is 0.525. The molecule has 3 aromatic rings. The summed E-state index contributed by atoms with van der Waals surface area (Å²) in [5, 5.41) is 16.2. The summed E-state index contributed by atoms with van der Waals surface area (Å²) in [6, 6.07) is 10.9. The fourth-order valence-electron chi connectivity index (χ4n) is 2.82. The van der Waals surface area contributed by atoms with Crippen LogP contribution in [-0.4, -0.2) is 25.7 Å². The van der Waals surface area contributed by atoms with E-state index in [0.29, 0.717) is 17.9 Å². The van der Waals surface area contributed by atoms with Gasteiger partial charge in [-0.25, -0.2) is 4.98 Å². The van der Waals surface area contributed by atoms with Gasteiger partial charge in [-0.2, -0.15) is 10.4 Å². The number of aromatic nitrogens is 4. The van der Waals surface area contributed by atoms with Crippen LogP contribution in [0.5, 0.6) is 0 Å². The molecule has 7 nitrogen and oxygen atoms in total. The van der Waals surface area contributed by atoms with E-state index in [1.807, 2.05) is 39.0 Å². The van der Waals surface area contributed by atoms with Crippen molar-refractivity contribution in [2.75, 3.05) is 0 Å². The fourth-order valence-corrected chi connectivity index (χ4v) is 2.82. The molecular weight excluding hydrogens is 328 g/mol. The molecule has 7 heteroatoms. The monoisotopic (exact) mass is 348 g/mol. The maximum Gasteiger partial charge on any atom is 0.244 e. The zero-order chi connectivity index (χ0) is 18.7. The number of nitriles is 1. The molecule has 2 N–H and O–H groups in total. The molecule has 0 fully saturated rings. The van der Waals surface area contributed by atoms with E-state index in [9.17, 15) is 4.79 Å². The van der Waals surface area contributed by atoms with E-state index >= 15 is 0 Å². The third-order valence-corrected chi connectivity index (χ3v) is 4.15. The molecule has 0 aliphatic heterocycles. The van der Waals surface area contributed by atoms with E-state index in [2.05, 4.69) is 26.5 Å². The van der Waals surface area contributed by atoms with Crippen LogP contribution in [0.2, 0.25) is 0 Å². The first-order valence-corrected chi connectivity index (χ1v) is 8.33. The molecule has 3 rings (SSSR count). The van der Waals surface area contributed by atoms with Crippen LogP contribution in [-0.2, 0) is 11.3 Å². The quantitative estimate of drug-likeness (QED) is 0.740. The summed E-state index contributed by atoms with van der Waals surface area (Å²) in [4.78, 5) is 19.9. The van der Waals surface area contributed by atoms with Crippen molar-refractivity contribution in [3.63, 3.8) is 0 Å². The van der Waals surface area contributed by atoms with E-state index in [1.54, 1.807) is 23.0 Å². The van der Waals surface area contributed by atoms with Gasteiger partial charge >= 0.3 is 0 Å². The molecular formula is C19H20N6O. The van der Waals surface area contributed by atoms with Gasteiger partial charge in [-0.05, 0) is 39.0 Å². The molecule has 26 heavy (non-hydrogen) atoms. The Hall–Kier alpha value is -3.40. The Balaban J connectivity index is 1.65. The second-order valence-electron chi connectivity index (χ2n) is 6.20. The Morgan fingerprint density at radius 3 is 2.88 bits per heavy atom. The summed E-state index contributed by atoms with van der Waals surface area (Å²) in [7, 11) is 0. The fraction of sp³-hybridized carbons (Fsp3) is 0.263. The lowest BCUT2D eigenvalue weighted by Crippen LogP contribution is -2.31. The number of imidazole rings is 1. The number of nitrogens with one attached hydrogen (secondary N) is 2. The Bertz CT molecular complexity index is 978. The summed E-state index contributed by atoms with van der Waals surface area (Å²) in [6.45, 7) is 5.94. The van der Waals surface area contributed by atoms with Crippen LogP contribution < -0.4 is 5.32 Å². The van der Waals surface area contributed by atoms with Crippen LogP contribution in [0.1, 0.15) is 35.7 Å². The van der Waals surface area contributed by atoms with Gasteiger partial charge in [-0.1, -0.05) is 12.1 Å². The highest BCUT2D eigenvalue weighted by molar-refractivity contribution is 5.79. The molecule has 0 bridgehead atoms. The summed E-state index contributed by atoms with van der Waals surface area (Å²) >= 11 is 0. The van der Waals surface area contributed by atoms with Crippen molar-refractivity contribution in [2.45, 2.75) is 33.4 Å². The number of aromatic amines is 1. The van der Waals surface area contributed by atoms with Gasteiger partial charge in [0.25, 0.3) is 0 Å². The number of amides is 1. The van der Waals surface area contributed by atoms with Crippen molar-refractivity contribution in [3.05, 3.63) is 59.3 Å². The van der Waals surface area contributed by atoms with Gasteiger partial charge in [0.1, 0.15) is 11.9 Å². The van der Waals surface area contributed by atoms with Gasteiger partial charge in [0, 0.05) is 11.3 Å². The minimum Gasteiger partial charge on any atom is -0.347 e. The number of hydrogen-bond acceptors (Lipinski definition) is 4. The zero-order valence-corrected chi connectivity index (χ0v) is 14.9. The molecule has 2 heterocycles. The van der Waals surface area contributed by atoms with Crippen molar-refractivity contribution in [1.82, 2.24) is 25.1 Å². The Morgan fingerprint density at radius 2 is 2.19 bits per heavy atom. The van der Waals surface area contributed by atoms with Crippen molar-refractivity contribution in [1.29, 1.82) is 5.26 Å². The number of H-pyrrole nitrogens is 1. The topological polar surface area (TPSA) is 99.4 Å². The first kappa shape index (κ1) is 17.4. The van der Waals surface area contributed by atoms with Gasteiger partial charge in [0.2, 0.25) is 5.91 Å². The van der Waals surface area contributed by atoms with E-state index < -0.39 is 6.04 Å². The van der Waals surface area contributed by atoms with Crippen LogP contribution >= 0.6 is 0 Å². The highest BCUT2D eigenvalue weighted by atomic mass is 16.2. The van der Waals surface area contributed by atoms with Crippen molar-refractivity contribution in [3.8, 4) is 17.3 Å². The Kier molecular flexibility index (Phi) is 4.85. The second kappa shape index (κ2) is 7.23. The van der Waals surface area contributed by atoms with E-state index in [1.165, 1.54) is 0 Å². The average molecular weight is 348 g/mol. The molecule has 2 aromatic heterocycles. The number of carbonyl (C=O) groups excluding carboxylic acids is 1. The third-order valence-electron chi connectivity index (χ3n) is 4.15. The number of rotatable bonds is 5. The molecule has 0 unspecified atom stereocenters. The van der Waals surface area contributed by atoms with Gasteiger partial charge in [-0.3, -0.25) is 9.48 Å². The molecule has 0 saturated heterocycles. The molecule has 0 saturated carbocycles. The third kappa shape index (κ3) is 3.64. The Labute approximate surface area is 151 Å². The number of nitrogens with zero attached hydrogens (tertiary/aromatic N) is 4. The standard InChI is InChI=1S/C19H20N6O/c1-12-7-13(2)25(24-12)14(3)19(26)22-11-18-21-10-17(23-18)16-6-4-5-15(8-16)9-20/h4-8,10,14H,11H2,1-3H3,(H,21,23)(H,22,26)/t14-/m0/s1. The smallest absolute Gasteiger partial charge is 0.244 e. The number of benzene rings is 1. The second-order valence-corrected chi connectivity index (χ2v) is 6.20. The van der Waals surface area contributed by atoms with Crippen molar-refractivity contribution in [2.24, 2.45) is 0 Å². The normalized spacial score (nSPS) is 11.8. The van der Waals surface area contributed by atoms with Gasteiger partial charge < -0.3 is 10.3 Å². The van der Waals surface area contributed by atoms with Crippen molar-refractivity contribution < 1.29 is 4.79 Å². The predicted molar refractivity (Wildman–Crippen MR) is 97.0 cm³/mol. The Morgan fingerprint density at radius 1 is 1.38 bits per heavy atom. The number of carbonyl (C=O) groups is 1. The minimum atomic E-state index is -0.398. The van der Waals surface area contributed by atoms with E-state index in [4.69, 9.17) is 5.26 Å². The highest BCUT2D eigenvalue weighted by Gasteiger charge is 2.18. The lowest BCUT2D eigenvalue weighted by molar-refractivity contribution is -0.124. The van der Waals surface area contributed by atoms with Gasteiger partial charge in [-0.15, -0.1) is 0 Å². The lowest BCUT2D eigenvalue weighted by Gasteiger charge is -2.13. The minimum absolute atomic E-state index is 0.124. The maximum atomic E-state index is 12.4. The van der Waals surface area contributed by atoms with Gasteiger partial charge in [0.05, 0.1) is 35.8 Å². The molecule has 0 radical (unpaired) electrons. The number of aryl methyl sites for hydroxylation is 2. The van der Waals surface area contributed by atoms with E-state index in [0.717, 1.165) is 22.6 Å². The first-order chi connectivity index (χ1) is 12.5. The molecule has 0 spiro atoms. The molecule has 1 aromatic carbocycles. The van der Waals surface area contributed by atoms with Crippen LogP contribution in [0.25, 0.3) is 11.3 Å². The lowest BCUT2D eigenvalue weighted by atomic mass is 10.1. The SMILES string of the molecule is Cc1cc(C)n([C@@H](C)C(=O)NCc2ncc(-c3cccc(C#N)c3)[nH]2)n1. The average Bonchev–Trinajstić information content (AvgIpc) is 3.25. The largest absolute Gasteiger partial charge is 0.347 e. The molecule has 132 valence electrons. The summed E-state index contributed by atoms with van der Waals surface area (Å²) in [6.07, 6.45) is 1.70. The van der Waals surface area contributed by atoms with E-state index in [-0.39, 0.29) is 5.91 Å². The summed E-state index contributed by atoms with van der Waals surface area (Å²) in [5.41, 5.74) is 4.11. The predicted octanol–water partition coefficient (Wildman–Crippen LogP) is 2.64. The highest BCUT2D eigenvalue weighted by Crippen LogP contribution is 2.18. The maximum absolute atomic E-state index is 12.4. The van der Waals surface area contributed by atoms with Gasteiger partial charge in [0.15, 0.2) is 0 Å².